The topological polar surface area (TPSA) is 108 Å². The second-order valence-corrected chi connectivity index (χ2v) is 6.58. The minimum absolute atomic E-state index is 0.0602. The van der Waals surface area contributed by atoms with E-state index in [0.717, 1.165) is 16.8 Å². The number of H-pyrrole nitrogens is 1. The number of benzene rings is 1. The number of nitrogens with zero attached hydrogens (tertiary/aromatic N) is 2. The van der Waals surface area contributed by atoms with E-state index in [9.17, 15) is 10.4 Å². The first-order valence-electron chi connectivity index (χ1n) is 7.28. The Morgan fingerprint density at radius 2 is 1.96 bits per heavy atom. The van der Waals surface area contributed by atoms with Crippen LogP contribution in [0.1, 0.15) is 43.5 Å². The lowest BCUT2D eigenvalue weighted by Gasteiger charge is -2.27. The molecule has 1 aromatic heterocycles. The lowest BCUT2D eigenvalue weighted by molar-refractivity contribution is 0.378. The molecule has 1 aliphatic rings. The van der Waals surface area contributed by atoms with Crippen molar-refractivity contribution >= 4 is 0 Å². The molecule has 1 aliphatic heterocycles. The second-order valence-electron chi connectivity index (χ2n) is 6.58. The van der Waals surface area contributed by atoms with E-state index in [0.29, 0.717) is 11.5 Å². The molecular weight excluding hydrogens is 292 g/mol. The van der Waals surface area contributed by atoms with Gasteiger partial charge in [-0.2, -0.15) is 5.26 Å². The molecule has 6 heteroatoms. The Labute approximate surface area is 134 Å². The first-order chi connectivity index (χ1) is 10.8. The number of nitriles is 1. The fourth-order valence-electron chi connectivity index (χ4n) is 2.82. The Kier molecular flexibility index (Phi) is 3.29. The molecular formula is C17H18N4O2. The molecule has 1 aromatic carbocycles. The Balaban J connectivity index is 2.26. The van der Waals surface area contributed by atoms with Gasteiger partial charge in [0, 0.05) is 11.1 Å². The van der Waals surface area contributed by atoms with Crippen LogP contribution in [0.25, 0.3) is 0 Å². The summed E-state index contributed by atoms with van der Waals surface area (Å²) in [6.45, 7) is 6.17. The quantitative estimate of drug-likeness (QED) is 0.750. The first-order valence-corrected chi connectivity index (χ1v) is 7.28. The van der Waals surface area contributed by atoms with E-state index < -0.39 is 0 Å². The Bertz CT molecular complexity index is 820. The molecule has 0 fully saturated rings. The highest BCUT2D eigenvalue weighted by Crippen LogP contribution is 2.45. The molecule has 0 aliphatic carbocycles. The van der Waals surface area contributed by atoms with Crippen LogP contribution in [0.5, 0.6) is 11.6 Å². The van der Waals surface area contributed by atoms with Crippen molar-refractivity contribution in [2.24, 2.45) is 5.73 Å². The second kappa shape index (κ2) is 5.06. The number of phenols is 1. The number of hydrogen-bond acceptors (Lipinski definition) is 5. The van der Waals surface area contributed by atoms with Gasteiger partial charge in [0.25, 0.3) is 0 Å². The van der Waals surface area contributed by atoms with E-state index in [-0.39, 0.29) is 23.0 Å². The normalized spacial score (nSPS) is 17.4. The van der Waals surface area contributed by atoms with Crippen molar-refractivity contribution < 1.29 is 9.84 Å². The van der Waals surface area contributed by atoms with Crippen molar-refractivity contribution in [3.8, 4) is 17.7 Å². The number of aromatic hydroxyl groups is 1. The molecule has 1 atom stereocenters. The van der Waals surface area contributed by atoms with Crippen LogP contribution in [-0.4, -0.2) is 15.3 Å². The third-order valence-electron chi connectivity index (χ3n) is 3.92. The van der Waals surface area contributed by atoms with E-state index in [1.165, 1.54) is 0 Å². The summed E-state index contributed by atoms with van der Waals surface area (Å²) in [7, 11) is 0. The number of ether oxygens (including phenoxy) is 1. The molecule has 23 heavy (non-hydrogen) atoms. The lowest BCUT2D eigenvalue weighted by Crippen LogP contribution is -2.23. The minimum Gasteiger partial charge on any atom is -0.508 e. The minimum atomic E-state index is -0.377. The van der Waals surface area contributed by atoms with Gasteiger partial charge in [-0.15, -0.1) is 5.10 Å². The summed E-state index contributed by atoms with van der Waals surface area (Å²) in [5.74, 6) is 0.242. The molecule has 0 unspecified atom stereocenters. The van der Waals surface area contributed by atoms with Gasteiger partial charge < -0.3 is 15.6 Å². The maximum Gasteiger partial charge on any atom is 0.244 e. The predicted octanol–water partition coefficient (Wildman–Crippen LogP) is 2.63. The van der Waals surface area contributed by atoms with Gasteiger partial charge in [0.1, 0.15) is 17.4 Å². The largest absolute Gasteiger partial charge is 0.508 e. The van der Waals surface area contributed by atoms with E-state index in [1.54, 1.807) is 24.3 Å². The molecule has 3 rings (SSSR count). The maximum atomic E-state index is 9.56. The van der Waals surface area contributed by atoms with Crippen LogP contribution in [0.4, 0.5) is 0 Å². The molecule has 0 saturated heterocycles. The molecule has 0 amide bonds. The van der Waals surface area contributed by atoms with E-state index >= 15 is 0 Å². The maximum absolute atomic E-state index is 9.56. The molecule has 118 valence electrons. The van der Waals surface area contributed by atoms with Gasteiger partial charge in [-0.05, 0) is 17.7 Å². The van der Waals surface area contributed by atoms with Crippen LogP contribution in [-0.2, 0) is 5.41 Å². The Morgan fingerprint density at radius 3 is 2.52 bits per heavy atom. The number of nitrogens with one attached hydrogen (secondary N) is 1. The van der Waals surface area contributed by atoms with Gasteiger partial charge in [0.15, 0.2) is 0 Å². The molecule has 2 aromatic rings. The number of hydrogen-bond donors (Lipinski definition) is 3. The van der Waals surface area contributed by atoms with Crippen LogP contribution >= 0.6 is 0 Å². The number of nitrogens with two attached hydrogens (primary N) is 1. The fourth-order valence-corrected chi connectivity index (χ4v) is 2.82. The summed E-state index contributed by atoms with van der Waals surface area (Å²) in [5, 5.41) is 26.3. The van der Waals surface area contributed by atoms with Gasteiger partial charge >= 0.3 is 0 Å². The van der Waals surface area contributed by atoms with Gasteiger partial charge in [-0.3, -0.25) is 5.10 Å². The average Bonchev–Trinajstić information content (AvgIpc) is 2.90. The predicted molar refractivity (Wildman–Crippen MR) is 84.7 cm³/mol. The molecule has 0 saturated carbocycles. The van der Waals surface area contributed by atoms with Gasteiger partial charge in [-0.25, -0.2) is 0 Å². The zero-order valence-electron chi connectivity index (χ0n) is 13.2. The molecule has 2 heterocycles. The highest BCUT2D eigenvalue weighted by atomic mass is 16.5. The van der Waals surface area contributed by atoms with Crippen LogP contribution in [0, 0.1) is 11.3 Å². The number of fused-ring (bicyclic) bond motifs is 1. The molecule has 4 N–H and O–H groups in total. The summed E-state index contributed by atoms with van der Waals surface area (Å²) < 4.78 is 5.53. The summed E-state index contributed by atoms with van der Waals surface area (Å²) in [4.78, 5) is 0. The Morgan fingerprint density at radius 1 is 1.30 bits per heavy atom. The van der Waals surface area contributed by atoms with Crippen molar-refractivity contribution in [1.82, 2.24) is 10.2 Å². The van der Waals surface area contributed by atoms with Crippen molar-refractivity contribution in [2.75, 3.05) is 0 Å². The Hall–Kier alpha value is -2.94. The van der Waals surface area contributed by atoms with E-state index in [1.807, 2.05) is 0 Å². The molecule has 0 radical (unpaired) electrons. The number of allylic oxidation sites excluding steroid dienone is 1. The first kappa shape index (κ1) is 15.0. The summed E-state index contributed by atoms with van der Waals surface area (Å²) in [6.07, 6.45) is 0. The summed E-state index contributed by atoms with van der Waals surface area (Å²) in [6, 6.07) is 8.89. The average molecular weight is 310 g/mol. The van der Waals surface area contributed by atoms with Crippen LogP contribution in [0.3, 0.4) is 0 Å². The van der Waals surface area contributed by atoms with Crippen molar-refractivity contribution in [3.05, 3.63) is 52.5 Å². The van der Waals surface area contributed by atoms with Gasteiger partial charge in [-0.1, -0.05) is 32.9 Å². The zero-order valence-corrected chi connectivity index (χ0v) is 13.2. The van der Waals surface area contributed by atoms with Crippen molar-refractivity contribution in [2.45, 2.75) is 32.1 Å². The monoisotopic (exact) mass is 310 g/mol. The molecule has 0 bridgehead atoms. The lowest BCUT2D eigenvalue weighted by atomic mass is 9.79. The standard InChI is InChI=1S/C17H18N4O2/c1-17(2,3)14-13-12(9-4-6-10(22)7-5-9)11(8-18)15(19)23-16(13)21-20-14/h4-7,12,22H,19H2,1-3H3,(H,20,21)/t12-/m1/s1. The smallest absolute Gasteiger partial charge is 0.244 e. The number of aromatic nitrogens is 2. The third-order valence-corrected chi connectivity index (χ3v) is 3.92. The SMILES string of the molecule is CC(C)(C)c1[nH]nc2c1[C@H](c1ccc(O)cc1)C(C#N)=C(N)O2. The highest BCUT2D eigenvalue weighted by Gasteiger charge is 2.37. The van der Waals surface area contributed by atoms with E-state index in [2.05, 4.69) is 37.0 Å². The van der Waals surface area contributed by atoms with Gasteiger partial charge in [0.05, 0.1) is 11.5 Å². The third kappa shape index (κ3) is 2.40. The number of phenolic OH excluding ortho intramolecular Hbond substituents is 1. The van der Waals surface area contributed by atoms with Crippen LogP contribution in [0.2, 0.25) is 0 Å². The molecule has 6 nitrogen and oxygen atoms in total. The van der Waals surface area contributed by atoms with Crippen LogP contribution < -0.4 is 10.5 Å². The van der Waals surface area contributed by atoms with Crippen LogP contribution in [0.15, 0.2) is 35.7 Å². The van der Waals surface area contributed by atoms with Crippen molar-refractivity contribution in [3.63, 3.8) is 0 Å². The summed E-state index contributed by atoms with van der Waals surface area (Å²) >= 11 is 0. The zero-order chi connectivity index (χ0) is 16.8. The highest BCUT2D eigenvalue weighted by molar-refractivity contribution is 5.56. The van der Waals surface area contributed by atoms with E-state index in [4.69, 9.17) is 10.5 Å². The fraction of sp³-hybridized carbons (Fsp3) is 0.294. The number of aromatic amines is 1. The number of rotatable bonds is 1. The van der Waals surface area contributed by atoms with Crippen molar-refractivity contribution in [1.29, 1.82) is 5.26 Å². The van der Waals surface area contributed by atoms with Gasteiger partial charge in [0.2, 0.25) is 11.8 Å². The molecule has 0 spiro atoms. The summed E-state index contributed by atoms with van der Waals surface area (Å²) in [5.41, 5.74) is 8.61.